The van der Waals surface area contributed by atoms with Gasteiger partial charge in [0.15, 0.2) is 0 Å². The second-order valence-corrected chi connectivity index (χ2v) is 6.67. The molecule has 1 nitrogen and oxygen atoms in total. The van der Waals surface area contributed by atoms with Gasteiger partial charge in [0.1, 0.15) is 0 Å². The lowest BCUT2D eigenvalue weighted by molar-refractivity contribution is 1.47. The van der Waals surface area contributed by atoms with Crippen molar-refractivity contribution in [1.82, 2.24) is 0 Å². The summed E-state index contributed by atoms with van der Waals surface area (Å²) >= 11 is 6.47. The smallest absolute Gasteiger partial charge is 0.0762 e. The van der Waals surface area contributed by atoms with Crippen LogP contribution in [-0.4, -0.2) is 6.72 Å². The predicted molar refractivity (Wildman–Crippen MR) is 101 cm³/mol. The van der Waals surface area contributed by atoms with Gasteiger partial charge >= 0.3 is 0 Å². The zero-order valence-electron chi connectivity index (χ0n) is 11.8. The number of aliphatic imine (C=N–C) groups is 1. The number of thiol groups is 1. The average Bonchev–Trinajstić information content (AvgIpc) is 2.94. The molecule has 3 aromatic carbocycles. The Balaban J connectivity index is 2.06. The van der Waals surface area contributed by atoms with Crippen LogP contribution in [0.4, 0.5) is 5.69 Å². The third-order valence-electron chi connectivity index (χ3n) is 3.86. The van der Waals surface area contributed by atoms with Gasteiger partial charge in [-0.15, -0.1) is 24.0 Å². The van der Waals surface area contributed by atoms with E-state index in [2.05, 4.69) is 72.9 Å². The summed E-state index contributed by atoms with van der Waals surface area (Å²) in [5, 5.41) is 2.41. The fourth-order valence-electron chi connectivity index (χ4n) is 2.78. The maximum Gasteiger partial charge on any atom is 0.0762 e. The van der Waals surface area contributed by atoms with E-state index in [1.54, 1.807) is 11.3 Å². The Bertz CT molecular complexity index is 1000. The standard InChI is InChI=1S/C19H13NS2/c1-20-15-8-10-17-18(19(15)21)14-11-13(7-9-16(14)22-17)12-5-3-2-4-6-12/h2-11,21H,1H2. The van der Waals surface area contributed by atoms with Gasteiger partial charge in [0.05, 0.1) is 5.69 Å². The molecule has 0 radical (unpaired) electrons. The summed E-state index contributed by atoms with van der Waals surface area (Å²) in [7, 11) is 0. The van der Waals surface area contributed by atoms with Crippen LogP contribution in [0.1, 0.15) is 0 Å². The van der Waals surface area contributed by atoms with Crippen LogP contribution in [0, 0.1) is 0 Å². The number of benzene rings is 3. The molecule has 0 aliphatic rings. The normalized spacial score (nSPS) is 11.1. The molecular weight excluding hydrogens is 306 g/mol. The van der Waals surface area contributed by atoms with Gasteiger partial charge in [0, 0.05) is 25.1 Å². The van der Waals surface area contributed by atoms with Gasteiger partial charge in [0.25, 0.3) is 0 Å². The quantitative estimate of drug-likeness (QED) is 0.327. The zero-order valence-corrected chi connectivity index (χ0v) is 13.5. The minimum atomic E-state index is 0.834. The molecule has 0 spiro atoms. The Hall–Kier alpha value is -2.10. The minimum absolute atomic E-state index is 0.834. The average molecular weight is 319 g/mol. The van der Waals surface area contributed by atoms with E-state index in [-0.39, 0.29) is 0 Å². The van der Waals surface area contributed by atoms with Crippen molar-refractivity contribution in [3.05, 3.63) is 60.7 Å². The van der Waals surface area contributed by atoms with Crippen LogP contribution in [0.25, 0.3) is 31.3 Å². The number of nitrogens with zero attached hydrogens (tertiary/aromatic N) is 1. The topological polar surface area (TPSA) is 12.4 Å². The van der Waals surface area contributed by atoms with Crippen molar-refractivity contribution in [2.24, 2.45) is 4.99 Å². The summed E-state index contributed by atoms with van der Waals surface area (Å²) in [6.45, 7) is 3.63. The van der Waals surface area contributed by atoms with Crippen molar-refractivity contribution in [3.8, 4) is 11.1 Å². The van der Waals surface area contributed by atoms with E-state index < -0.39 is 0 Å². The van der Waals surface area contributed by atoms with Gasteiger partial charge in [0.2, 0.25) is 0 Å². The van der Waals surface area contributed by atoms with Crippen LogP contribution in [0.5, 0.6) is 0 Å². The van der Waals surface area contributed by atoms with Gasteiger partial charge in [-0.25, -0.2) is 0 Å². The second-order valence-electron chi connectivity index (χ2n) is 5.14. The van der Waals surface area contributed by atoms with E-state index in [9.17, 15) is 0 Å². The monoisotopic (exact) mass is 319 g/mol. The van der Waals surface area contributed by atoms with Crippen LogP contribution < -0.4 is 0 Å². The Kier molecular flexibility index (Phi) is 3.25. The van der Waals surface area contributed by atoms with Crippen molar-refractivity contribution in [2.75, 3.05) is 0 Å². The molecule has 0 aliphatic heterocycles. The molecule has 1 aromatic heterocycles. The molecule has 1 heterocycles. The molecule has 0 saturated carbocycles. The van der Waals surface area contributed by atoms with Crippen LogP contribution in [0.2, 0.25) is 0 Å². The number of thiophene rings is 1. The third-order valence-corrected chi connectivity index (χ3v) is 5.45. The maximum absolute atomic E-state index is 4.68. The highest BCUT2D eigenvalue weighted by Gasteiger charge is 2.11. The zero-order chi connectivity index (χ0) is 15.1. The molecule has 0 saturated heterocycles. The summed E-state index contributed by atoms with van der Waals surface area (Å²) in [5.41, 5.74) is 3.28. The van der Waals surface area contributed by atoms with E-state index in [4.69, 9.17) is 0 Å². The van der Waals surface area contributed by atoms with E-state index >= 15 is 0 Å². The van der Waals surface area contributed by atoms with E-state index in [1.807, 2.05) is 12.1 Å². The van der Waals surface area contributed by atoms with Crippen molar-refractivity contribution in [3.63, 3.8) is 0 Å². The van der Waals surface area contributed by atoms with Gasteiger partial charge in [-0.2, -0.15) is 0 Å². The van der Waals surface area contributed by atoms with Crippen LogP contribution in [-0.2, 0) is 0 Å². The van der Waals surface area contributed by atoms with Crippen LogP contribution >= 0.6 is 24.0 Å². The summed E-state index contributed by atoms with van der Waals surface area (Å²) in [6, 6.07) is 21.1. The number of fused-ring (bicyclic) bond motifs is 3. The first kappa shape index (κ1) is 13.6. The first-order valence-electron chi connectivity index (χ1n) is 6.98. The molecule has 4 aromatic rings. The van der Waals surface area contributed by atoms with Crippen molar-refractivity contribution < 1.29 is 0 Å². The van der Waals surface area contributed by atoms with Gasteiger partial charge < -0.3 is 0 Å². The molecule has 3 heteroatoms. The lowest BCUT2D eigenvalue weighted by Crippen LogP contribution is -1.77. The molecule has 0 amide bonds. The van der Waals surface area contributed by atoms with Gasteiger partial charge in [-0.1, -0.05) is 36.4 Å². The Morgan fingerprint density at radius 3 is 2.41 bits per heavy atom. The SMILES string of the molecule is C=Nc1ccc2sc3ccc(-c4ccccc4)cc3c2c1S. The molecule has 0 unspecified atom stereocenters. The Morgan fingerprint density at radius 1 is 0.864 bits per heavy atom. The molecule has 0 atom stereocenters. The van der Waals surface area contributed by atoms with Crippen molar-refractivity contribution in [2.45, 2.75) is 4.90 Å². The number of hydrogen-bond acceptors (Lipinski definition) is 3. The predicted octanol–water partition coefficient (Wildman–Crippen LogP) is 6.34. The summed E-state index contributed by atoms with van der Waals surface area (Å²) in [5.74, 6) is 0. The van der Waals surface area contributed by atoms with Crippen LogP contribution in [0.3, 0.4) is 0 Å². The lowest BCUT2D eigenvalue weighted by Gasteiger charge is -2.04. The number of rotatable bonds is 2. The van der Waals surface area contributed by atoms with Gasteiger partial charge in [-0.05, 0) is 42.1 Å². The molecule has 0 N–H and O–H groups in total. The minimum Gasteiger partial charge on any atom is -0.263 e. The second kappa shape index (κ2) is 5.27. The summed E-state index contributed by atoms with van der Waals surface area (Å²) in [4.78, 5) is 4.97. The van der Waals surface area contributed by atoms with E-state index in [1.165, 1.54) is 31.3 Å². The number of hydrogen-bond donors (Lipinski definition) is 1. The maximum atomic E-state index is 4.68. The summed E-state index contributed by atoms with van der Waals surface area (Å²) < 4.78 is 2.50. The largest absolute Gasteiger partial charge is 0.263 e. The highest BCUT2D eigenvalue weighted by molar-refractivity contribution is 7.80. The first-order chi connectivity index (χ1) is 10.8. The van der Waals surface area contributed by atoms with Crippen LogP contribution in [0.15, 0.2) is 70.6 Å². The molecule has 106 valence electrons. The molecule has 0 bridgehead atoms. The van der Waals surface area contributed by atoms with E-state index in [0.29, 0.717) is 0 Å². The highest BCUT2D eigenvalue weighted by atomic mass is 32.1. The molecule has 4 rings (SSSR count). The summed E-state index contributed by atoms with van der Waals surface area (Å²) in [6.07, 6.45) is 0. The van der Waals surface area contributed by atoms with Gasteiger partial charge in [-0.3, -0.25) is 4.99 Å². The first-order valence-corrected chi connectivity index (χ1v) is 8.24. The fourth-order valence-corrected chi connectivity index (χ4v) is 4.33. The molecule has 0 aliphatic carbocycles. The molecular formula is C19H13NS2. The van der Waals surface area contributed by atoms with Crippen molar-refractivity contribution in [1.29, 1.82) is 0 Å². The molecule has 0 fully saturated rings. The van der Waals surface area contributed by atoms with E-state index in [0.717, 1.165) is 10.6 Å². The third kappa shape index (κ3) is 2.05. The Morgan fingerprint density at radius 2 is 1.64 bits per heavy atom. The fraction of sp³-hybridized carbons (Fsp3) is 0. The lowest BCUT2D eigenvalue weighted by atomic mass is 10.0. The van der Waals surface area contributed by atoms with Crippen molar-refractivity contribution >= 4 is 56.5 Å². The molecule has 22 heavy (non-hydrogen) atoms. The Labute approximate surface area is 138 Å². The highest BCUT2D eigenvalue weighted by Crippen LogP contribution is 2.42.